The normalized spacial score (nSPS) is 14.2. The summed E-state index contributed by atoms with van der Waals surface area (Å²) >= 11 is 0. The molecule has 0 aromatic rings. The third kappa shape index (κ3) is 41.6. The third-order valence-corrected chi connectivity index (χ3v) is 12.1. The molecule has 6 heteroatoms. The van der Waals surface area contributed by atoms with Crippen LogP contribution < -0.4 is 5.32 Å². The van der Waals surface area contributed by atoms with Crippen molar-refractivity contribution in [2.75, 3.05) is 6.61 Å². The molecule has 0 aliphatic carbocycles. The molecule has 0 saturated heterocycles. The van der Waals surface area contributed by atoms with Crippen LogP contribution in [-0.2, 0) is 4.79 Å². The lowest BCUT2D eigenvalue weighted by Crippen LogP contribution is -2.53. The lowest BCUT2D eigenvalue weighted by molar-refractivity contribution is -0.132. The largest absolute Gasteiger partial charge is 0.394 e. The SMILES string of the molecule is CCCC/C=C/CC/C=C/CCCC(O)C(O)C(CO)NC(=O)C(O)CCCCCCCCCCCCCCCCCC/C=C\CCCCCCCCCCCCCC. The maximum absolute atomic E-state index is 12.5. The van der Waals surface area contributed by atoms with Gasteiger partial charge in [-0.15, -0.1) is 0 Å². The van der Waals surface area contributed by atoms with Gasteiger partial charge < -0.3 is 25.7 Å². The first-order valence-electron chi connectivity index (χ1n) is 25.9. The number of hydrogen-bond donors (Lipinski definition) is 5. The molecule has 348 valence electrons. The van der Waals surface area contributed by atoms with Crippen molar-refractivity contribution in [1.82, 2.24) is 5.32 Å². The van der Waals surface area contributed by atoms with Gasteiger partial charge in [0, 0.05) is 0 Å². The van der Waals surface area contributed by atoms with E-state index >= 15 is 0 Å². The Morgan fingerprint density at radius 1 is 0.407 bits per heavy atom. The summed E-state index contributed by atoms with van der Waals surface area (Å²) in [7, 11) is 0. The van der Waals surface area contributed by atoms with E-state index in [2.05, 4.69) is 55.6 Å². The van der Waals surface area contributed by atoms with Gasteiger partial charge in [-0.1, -0.05) is 230 Å². The lowest BCUT2D eigenvalue weighted by Gasteiger charge is -2.27. The summed E-state index contributed by atoms with van der Waals surface area (Å²) in [6.07, 6.45) is 58.0. The molecule has 0 rings (SSSR count). The van der Waals surface area contributed by atoms with Crippen molar-refractivity contribution < 1.29 is 25.2 Å². The molecule has 0 aliphatic rings. The monoisotopic (exact) mass is 832 g/mol. The zero-order valence-corrected chi connectivity index (χ0v) is 39.3. The van der Waals surface area contributed by atoms with Gasteiger partial charge in [0.15, 0.2) is 0 Å². The highest BCUT2D eigenvalue weighted by atomic mass is 16.3. The Hall–Kier alpha value is -1.47. The quantitative estimate of drug-likeness (QED) is 0.0310. The second-order valence-corrected chi connectivity index (χ2v) is 17.8. The Balaban J connectivity index is 3.57. The highest BCUT2D eigenvalue weighted by molar-refractivity contribution is 5.80. The molecule has 4 atom stereocenters. The molecule has 0 spiro atoms. The maximum Gasteiger partial charge on any atom is 0.249 e. The van der Waals surface area contributed by atoms with Crippen LogP contribution in [0, 0.1) is 0 Å². The summed E-state index contributed by atoms with van der Waals surface area (Å²) in [4.78, 5) is 12.5. The van der Waals surface area contributed by atoms with Crippen LogP contribution >= 0.6 is 0 Å². The van der Waals surface area contributed by atoms with Gasteiger partial charge in [0.2, 0.25) is 5.91 Å². The third-order valence-electron chi connectivity index (χ3n) is 12.1. The summed E-state index contributed by atoms with van der Waals surface area (Å²) < 4.78 is 0. The Morgan fingerprint density at radius 2 is 0.729 bits per heavy atom. The minimum absolute atomic E-state index is 0.362. The molecular formula is C53H101NO5. The van der Waals surface area contributed by atoms with Crippen LogP contribution in [0.15, 0.2) is 36.5 Å². The molecule has 0 aromatic heterocycles. The molecule has 0 bridgehead atoms. The van der Waals surface area contributed by atoms with Crippen molar-refractivity contribution >= 4 is 5.91 Å². The molecule has 0 radical (unpaired) electrons. The van der Waals surface area contributed by atoms with E-state index < -0.39 is 36.9 Å². The molecular weight excluding hydrogens is 731 g/mol. The molecule has 5 N–H and O–H groups in total. The number of unbranched alkanes of at least 4 members (excludes halogenated alkanes) is 32. The molecule has 0 fully saturated rings. The zero-order valence-electron chi connectivity index (χ0n) is 39.3. The van der Waals surface area contributed by atoms with Gasteiger partial charge in [-0.3, -0.25) is 4.79 Å². The van der Waals surface area contributed by atoms with Gasteiger partial charge in [-0.05, 0) is 70.6 Å². The average Bonchev–Trinajstić information content (AvgIpc) is 3.24. The topological polar surface area (TPSA) is 110 Å². The van der Waals surface area contributed by atoms with E-state index in [-0.39, 0.29) is 0 Å². The van der Waals surface area contributed by atoms with Crippen molar-refractivity contribution in [2.24, 2.45) is 0 Å². The van der Waals surface area contributed by atoms with E-state index in [4.69, 9.17) is 0 Å². The fraction of sp³-hybridized carbons (Fsp3) is 0.868. The van der Waals surface area contributed by atoms with Crippen molar-refractivity contribution in [3.63, 3.8) is 0 Å². The summed E-state index contributed by atoms with van der Waals surface area (Å²) in [5.41, 5.74) is 0. The second kappa shape index (κ2) is 47.6. The Labute approximate surface area is 367 Å². The Bertz CT molecular complexity index is 935. The van der Waals surface area contributed by atoms with E-state index in [9.17, 15) is 25.2 Å². The maximum atomic E-state index is 12.5. The first-order chi connectivity index (χ1) is 29.0. The smallest absolute Gasteiger partial charge is 0.249 e. The molecule has 0 heterocycles. The standard InChI is InChI=1S/C53H101NO5/c1-3-5-7-9-11-13-15-16-17-18-19-20-21-22-23-24-25-26-27-28-29-30-31-32-33-34-35-37-39-41-43-45-47-51(57)53(59)54-49(48-55)52(58)50(56)46-44-42-40-38-36-14-12-10-8-6-4-2/h10,12,22-23,38,40,49-52,55-58H,3-9,11,13-21,24-37,39,41-48H2,1-2H3,(H,54,59)/b12-10+,23-22-,40-38+. The first-order valence-corrected chi connectivity index (χ1v) is 25.9. The van der Waals surface area contributed by atoms with Crippen LogP contribution in [0.5, 0.6) is 0 Å². The number of rotatable bonds is 47. The number of amides is 1. The molecule has 0 aliphatic heterocycles. The predicted molar refractivity (Wildman–Crippen MR) is 256 cm³/mol. The number of allylic oxidation sites excluding steroid dienone is 6. The van der Waals surface area contributed by atoms with E-state index in [0.717, 1.165) is 44.9 Å². The summed E-state index contributed by atoms with van der Waals surface area (Å²) in [5.74, 6) is -0.597. The van der Waals surface area contributed by atoms with Crippen molar-refractivity contribution in [3.8, 4) is 0 Å². The van der Waals surface area contributed by atoms with E-state index in [1.54, 1.807) is 0 Å². The molecule has 6 nitrogen and oxygen atoms in total. The fourth-order valence-corrected chi connectivity index (χ4v) is 7.93. The summed E-state index contributed by atoms with van der Waals surface area (Å²) in [6, 6.07) is -1.01. The summed E-state index contributed by atoms with van der Waals surface area (Å²) in [5, 5.41) is 43.6. The highest BCUT2D eigenvalue weighted by Crippen LogP contribution is 2.17. The molecule has 1 amide bonds. The summed E-state index contributed by atoms with van der Waals surface area (Å²) in [6.45, 7) is 3.99. The number of carbonyl (C=O) groups excluding carboxylic acids is 1. The van der Waals surface area contributed by atoms with Crippen LogP contribution in [0.3, 0.4) is 0 Å². The number of nitrogens with one attached hydrogen (secondary N) is 1. The zero-order chi connectivity index (χ0) is 43.1. The number of hydrogen-bond acceptors (Lipinski definition) is 5. The highest BCUT2D eigenvalue weighted by Gasteiger charge is 2.28. The Kier molecular flexibility index (Phi) is 46.4. The van der Waals surface area contributed by atoms with Crippen molar-refractivity contribution in [3.05, 3.63) is 36.5 Å². The van der Waals surface area contributed by atoms with Crippen LogP contribution in [0.4, 0.5) is 0 Å². The minimum atomic E-state index is -1.29. The van der Waals surface area contributed by atoms with Crippen molar-refractivity contribution in [1.29, 1.82) is 0 Å². The number of carbonyl (C=O) groups is 1. The van der Waals surface area contributed by atoms with E-state index in [1.165, 1.54) is 186 Å². The molecule has 59 heavy (non-hydrogen) atoms. The van der Waals surface area contributed by atoms with Gasteiger partial charge in [0.1, 0.15) is 12.2 Å². The van der Waals surface area contributed by atoms with Gasteiger partial charge >= 0.3 is 0 Å². The van der Waals surface area contributed by atoms with Crippen LogP contribution in [0.1, 0.15) is 264 Å². The van der Waals surface area contributed by atoms with Crippen LogP contribution in [0.2, 0.25) is 0 Å². The van der Waals surface area contributed by atoms with Gasteiger partial charge in [0.25, 0.3) is 0 Å². The molecule has 4 unspecified atom stereocenters. The van der Waals surface area contributed by atoms with E-state index in [0.29, 0.717) is 19.3 Å². The predicted octanol–water partition coefficient (Wildman–Crippen LogP) is 14.5. The van der Waals surface area contributed by atoms with Crippen molar-refractivity contribution in [2.45, 2.75) is 289 Å². The Morgan fingerprint density at radius 3 is 1.12 bits per heavy atom. The van der Waals surface area contributed by atoms with Crippen LogP contribution in [0.25, 0.3) is 0 Å². The van der Waals surface area contributed by atoms with Gasteiger partial charge in [-0.2, -0.15) is 0 Å². The first kappa shape index (κ1) is 57.5. The average molecular weight is 832 g/mol. The number of aliphatic hydroxyl groups is 4. The van der Waals surface area contributed by atoms with Crippen LogP contribution in [-0.4, -0.2) is 57.3 Å². The fourth-order valence-electron chi connectivity index (χ4n) is 7.93. The van der Waals surface area contributed by atoms with E-state index in [1.807, 2.05) is 0 Å². The molecule has 0 saturated carbocycles. The van der Waals surface area contributed by atoms with Gasteiger partial charge in [0.05, 0.1) is 18.8 Å². The van der Waals surface area contributed by atoms with Gasteiger partial charge in [-0.25, -0.2) is 0 Å². The lowest BCUT2D eigenvalue weighted by atomic mass is 10.00. The molecule has 0 aromatic carbocycles. The number of aliphatic hydroxyl groups excluding tert-OH is 4. The second-order valence-electron chi connectivity index (χ2n) is 17.8. The minimum Gasteiger partial charge on any atom is -0.394 e.